The Morgan fingerprint density at radius 1 is 1.30 bits per heavy atom. The van der Waals surface area contributed by atoms with Gasteiger partial charge in [0.1, 0.15) is 0 Å². The van der Waals surface area contributed by atoms with Gasteiger partial charge >= 0.3 is 6.01 Å². The first kappa shape index (κ1) is 14.4. The number of aromatic nitrogens is 3. The fraction of sp³-hybridized carbons (Fsp3) is 0.182. The lowest BCUT2D eigenvalue weighted by molar-refractivity contribution is 0.410. The van der Waals surface area contributed by atoms with Crippen LogP contribution in [0.4, 0.5) is 16.3 Å². The maximum absolute atomic E-state index is 13.6. The van der Waals surface area contributed by atoms with Crippen molar-refractivity contribution >= 4 is 27.8 Å². The van der Waals surface area contributed by atoms with Crippen molar-refractivity contribution in [1.82, 2.24) is 15.0 Å². The molecule has 9 heteroatoms. The van der Waals surface area contributed by atoms with Gasteiger partial charge in [0.2, 0.25) is 11.9 Å². The van der Waals surface area contributed by atoms with Gasteiger partial charge in [0.05, 0.1) is 0 Å². The van der Waals surface area contributed by atoms with Gasteiger partial charge in [-0.15, -0.1) is 0 Å². The Balaban J connectivity index is 2.37. The second-order valence-corrected chi connectivity index (χ2v) is 4.87. The van der Waals surface area contributed by atoms with Gasteiger partial charge in [-0.05, 0) is 18.2 Å². The number of hydrogen-bond acceptors (Lipinski definition) is 7. The molecule has 0 unspecified atom stereocenters. The van der Waals surface area contributed by atoms with Gasteiger partial charge in [-0.3, -0.25) is 5.43 Å². The summed E-state index contributed by atoms with van der Waals surface area (Å²) in [6, 6.07) is 4.25. The minimum absolute atomic E-state index is 0.00162. The largest absolute Gasteiger partial charge is 0.421 e. The molecule has 0 aliphatic rings. The number of nitrogen functional groups attached to an aromatic ring is 1. The van der Waals surface area contributed by atoms with Crippen LogP contribution < -0.4 is 20.9 Å². The van der Waals surface area contributed by atoms with Gasteiger partial charge in [-0.25, -0.2) is 10.2 Å². The minimum Gasteiger partial charge on any atom is -0.421 e. The molecule has 1 aromatic carbocycles. The molecule has 0 aliphatic carbocycles. The van der Waals surface area contributed by atoms with E-state index in [1.807, 2.05) is 0 Å². The van der Waals surface area contributed by atoms with Crippen LogP contribution in [0.3, 0.4) is 0 Å². The van der Waals surface area contributed by atoms with Crippen molar-refractivity contribution in [2.45, 2.75) is 0 Å². The molecular weight excluding hydrogens is 331 g/mol. The average molecular weight is 343 g/mol. The van der Waals surface area contributed by atoms with Crippen LogP contribution in [0, 0.1) is 5.82 Å². The van der Waals surface area contributed by atoms with Gasteiger partial charge in [-0.2, -0.15) is 15.0 Å². The first-order chi connectivity index (χ1) is 9.49. The van der Waals surface area contributed by atoms with Crippen molar-refractivity contribution in [3.63, 3.8) is 0 Å². The van der Waals surface area contributed by atoms with Gasteiger partial charge in [0.25, 0.3) is 0 Å². The van der Waals surface area contributed by atoms with Crippen molar-refractivity contribution in [2.24, 2.45) is 5.84 Å². The van der Waals surface area contributed by atoms with Crippen LogP contribution >= 0.6 is 15.9 Å². The van der Waals surface area contributed by atoms with Crippen LogP contribution in [0.15, 0.2) is 22.7 Å². The molecule has 0 atom stereocenters. The van der Waals surface area contributed by atoms with E-state index in [9.17, 15) is 4.39 Å². The summed E-state index contributed by atoms with van der Waals surface area (Å²) in [7, 11) is 3.50. The Labute approximate surface area is 123 Å². The molecule has 106 valence electrons. The summed E-state index contributed by atoms with van der Waals surface area (Å²) in [5.41, 5.74) is 2.30. The van der Waals surface area contributed by atoms with Gasteiger partial charge in [0, 0.05) is 18.6 Å². The molecule has 0 saturated carbocycles. The summed E-state index contributed by atoms with van der Waals surface area (Å²) in [5, 5.41) is 0. The fourth-order valence-electron chi connectivity index (χ4n) is 1.31. The fourth-order valence-corrected chi connectivity index (χ4v) is 1.65. The van der Waals surface area contributed by atoms with E-state index >= 15 is 0 Å². The summed E-state index contributed by atoms with van der Waals surface area (Å²) >= 11 is 3.24. The molecule has 0 bridgehead atoms. The lowest BCUT2D eigenvalue weighted by Gasteiger charge is -2.12. The normalized spacial score (nSPS) is 10.2. The highest BCUT2D eigenvalue weighted by Gasteiger charge is 2.12. The van der Waals surface area contributed by atoms with Crippen LogP contribution in [-0.2, 0) is 0 Å². The lowest BCUT2D eigenvalue weighted by Crippen LogP contribution is -2.17. The first-order valence-electron chi connectivity index (χ1n) is 5.52. The Morgan fingerprint density at radius 3 is 2.70 bits per heavy atom. The molecule has 7 nitrogen and oxygen atoms in total. The molecule has 3 N–H and O–H groups in total. The van der Waals surface area contributed by atoms with Gasteiger partial charge in [-0.1, -0.05) is 15.9 Å². The van der Waals surface area contributed by atoms with E-state index in [1.165, 1.54) is 12.1 Å². The number of rotatable bonds is 4. The molecule has 2 rings (SSSR count). The molecule has 1 aromatic heterocycles. The zero-order valence-corrected chi connectivity index (χ0v) is 12.3. The summed E-state index contributed by atoms with van der Waals surface area (Å²) in [6.45, 7) is 0. The number of nitrogens with one attached hydrogen (secondary N) is 1. The van der Waals surface area contributed by atoms with E-state index in [1.54, 1.807) is 25.1 Å². The topological polar surface area (TPSA) is 89.2 Å². The van der Waals surface area contributed by atoms with Crippen molar-refractivity contribution in [3.8, 4) is 11.8 Å². The smallest absolute Gasteiger partial charge is 0.328 e. The minimum atomic E-state index is -0.526. The van der Waals surface area contributed by atoms with Crippen LogP contribution in [0.25, 0.3) is 0 Å². The molecule has 0 radical (unpaired) electrons. The third kappa shape index (κ3) is 3.31. The maximum Gasteiger partial charge on any atom is 0.328 e. The van der Waals surface area contributed by atoms with Crippen LogP contribution in [-0.4, -0.2) is 29.0 Å². The van der Waals surface area contributed by atoms with Crippen LogP contribution in [0.2, 0.25) is 0 Å². The highest BCUT2D eigenvalue weighted by molar-refractivity contribution is 9.10. The Kier molecular flexibility index (Phi) is 4.30. The lowest BCUT2D eigenvalue weighted by atomic mass is 10.3. The molecule has 0 saturated heterocycles. The number of halogens is 2. The van der Waals surface area contributed by atoms with Crippen molar-refractivity contribution in [3.05, 3.63) is 28.5 Å². The SMILES string of the molecule is CN(C)c1nc(NN)nc(Oc2cc(Br)ccc2F)n1. The Morgan fingerprint density at radius 2 is 2.05 bits per heavy atom. The maximum atomic E-state index is 13.6. The molecule has 1 heterocycles. The summed E-state index contributed by atoms with van der Waals surface area (Å²) in [4.78, 5) is 13.6. The van der Waals surface area contributed by atoms with E-state index in [-0.39, 0.29) is 17.7 Å². The number of benzene rings is 1. The molecule has 0 aliphatic heterocycles. The van der Waals surface area contributed by atoms with Crippen molar-refractivity contribution < 1.29 is 9.13 Å². The highest BCUT2D eigenvalue weighted by Crippen LogP contribution is 2.26. The molecule has 2 aromatic rings. The van der Waals surface area contributed by atoms with E-state index in [0.29, 0.717) is 10.4 Å². The van der Waals surface area contributed by atoms with Gasteiger partial charge in [0.15, 0.2) is 11.6 Å². The Hall–Kier alpha value is -2.00. The zero-order chi connectivity index (χ0) is 14.7. The standard InChI is InChI=1S/C11H12BrFN6O/c1-19(2)10-15-9(18-14)16-11(17-10)20-8-5-6(12)3-4-7(8)13/h3-5H,14H2,1-2H3,(H,15,16,17,18). The number of nitrogens with two attached hydrogens (primary N) is 1. The summed E-state index contributed by atoms with van der Waals surface area (Å²) in [6.07, 6.45) is 0. The molecule has 0 amide bonds. The summed E-state index contributed by atoms with van der Waals surface area (Å²) in [5.74, 6) is 5.20. The van der Waals surface area contributed by atoms with E-state index in [4.69, 9.17) is 10.6 Å². The summed E-state index contributed by atoms with van der Waals surface area (Å²) < 4.78 is 19.6. The molecule has 0 spiro atoms. The Bertz CT molecular complexity index is 624. The third-order valence-corrected chi connectivity index (χ3v) is 2.72. The van der Waals surface area contributed by atoms with Crippen molar-refractivity contribution in [1.29, 1.82) is 0 Å². The van der Waals surface area contributed by atoms with Gasteiger partial charge < -0.3 is 9.64 Å². The molecule has 20 heavy (non-hydrogen) atoms. The second kappa shape index (κ2) is 5.97. The monoisotopic (exact) mass is 342 g/mol. The molecule has 0 fully saturated rings. The predicted molar refractivity (Wildman–Crippen MR) is 76.1 cm³/mol. The van der Waals surface area contributed by atoms with E-state index in [0.717, 1.165) is 0 Å². The highest BCUT2D eigenvalue weighted by atomic mass is 79.9. The average Bonchev–Trinajstić information content (AvgIpc) is 2.42. The van der Waals surface area contributed by atoms with Crippen LogP contribution in [0.1, 0.15) is 0 Å². The molecular formula is C11H12BrFN6O. The van der Waals surface area contributed by atoms with E-state index < -0.39 is 5.82 Å². The third-order valence-electron chi connectivity index (χ3n) is 2.23. The number of nitrogens with zero attached hydrogens (tertiary/aromatic N) is 4. The quantitative estimate of drug-likeness (QED) is 0.648. The predicted octanol–water partition coefficient (Wildman–Crippen LogP) is 1.92. The van der Waals surface area contributed by atoms with Crippen LogP contribution in [0.5, 0.6) is 11.8 Å². The number of anilines is 2. The number of ether oxygens (including phenoxy) is 1. The zero-order valence-electron chi connectivity index (χ0n) is 10.8. The van der Waals surface area contributed by atoms with Crippen molar-refractivity contribution in [2.75, 3.05) is 24.4 Å². The first-order valence-corrected chi connectivity index (χ1v) is 6.32. The van der Waals surface area contributed by atoms with E-state index in [2.05, 4.69) is 36.3 Å². The second-order valence-electron chi connectivity index (χ2n) is 3.96. The number of hydrogen-bond donors (Lipinski definition) is 2. The number of hydrazine groups is 1.